The van der Waals surface area contributed by atoms with Gasteiger partial charge in [0.25, 0.3) is 0 Å². The second-order valence-corrected chi connectivity index (χ2v) is 4.52. The Bertz CT molecular complexity index is 357. The Morgan fingerprint density at radius 2 is 1.85 bits per heavy atom. The fourth-order valence-corrected chi connectivity index (χ4v) is 1.99. The highest BCUT2D eigenvalue weighted by molar-refractivity contribution is 5.35. The Morgan fingerprint density at radius 1 is 1.10 bits per heavy atom. The minimum absolute atomic E-state index is 0.146. The maximum absolute atomic E-state index is 5.71. The van der Waals surface area contributed by atoms with E-state index in [1.165, 1.54) is 0 Å². The first kappa shape index (κ1) is 17.0. The van der Waals surface area contributed by atoms with E-state index in [9.17, 15) is 0 Å². The van der Waals surface area contributed by atoms with Crippen LogP contribution in [0.4, 0.5) is 0 Å². The summed E-state index contributed by atoms with van der Waals surface area (Å²) >= 11 is 0. The summed E-state index contributed by atoms with van der Waals surface area (Å²) in [7, 11) is 1.70. The molecule has 0 aliphatic heterocycles. The van der Waals surface area contributed by atoms with E-state index in [2.05, 4.69) is 18.3 Å². The number of ether oxygens (including phenoxy) is 3. The summed E-state index contributed by atoms with van der Waals surface area (Å²) in [6.45, 7) is 7.71. The van der Waals surface area contributed by atoms with Crippen LogP contribution >= 0.6 is 0 Å². The lowest BCUT2D eigenvalue weighted by Crippen LogP contribution is -2.27. The lowest BCUT2D eigenvalue weighted by atomic mass is 10.1. The van der Waals surface area contributed by atoms with Gasteiger partial charge >= 0.3 is 0 Å². The second-order valence-electron chi connectivity index (χ2n) is 4.52. The van der Waals surface area contributed by atoms with Crippen molar-refractivity contribution < 1.29 is 14.2 Å². The standard InChI is InChI=1S/C16H27NO3/c1-4-10-17-15(13-20-12-11-19-5-2)14-8-6-7-9-16(14)18-3/h6-9,15,17H,4-5,10-13H2,1-3H3. The van der Waals surface area contributed by atoms with Crippen LogP contribution in [0.2, 0.25) is 0 Å². The number of methoxy groups -OCH3 is 1. The van der Waals surface area contributed by atoms with E-state index in [1.54, 1.807) is 7.11 Å². The van der Waals surface area contributed by atoms with E-state index in [4.69, 9.17) is 14.2 Å². The molecule has 1 atom stereocenters. The van der Waals surface area contributed by atoms with Gasteiger partial charge in [-0.15, -0.1) is 0 Å². The number of hydrogen-bond donors (Lipinski definition) is 1. The van der Waals surface area contributed by atoms with Gasteiger partial charge in [-0.05, 0) is 26.0 Å². The molecule has 0 radical (unpaired) electrons. The van der Waals surface area contributed by atoms with Crippen LogP contribution in [0.1, 0.15) is 31.9 Å². The summed E-state index contributed by atoms with van der Waals surface area (Å²) in [6, 6.07) is 8.22. The zero-order valence-corrected chi connectivity index (χ0v) is 12.9. The molecule has 0 amide bonds. The summed E-state index contributed by atoms with van der Waals surface area (Å²) < 4.78 is 16.4. The van der Waals surface area contributed by atoms with Crippen molar-refractivity contribution in [3.8, 4) is 5.75 Å². The SMILES string of the molecule is CCCNC(COCCOCC)c1ccccc1OC. The first-order chi connectivity index (χ1) is 9.83. The van der Waals surface area contributed by atoms with Crippen molar-refractivity contribution in [1.82, 2.24) is 5.32 Å². The van der Waals surface area contributed by atoms with Crippen molar-refractivity contribution >= 4 is 0 Å². The maximum atomic E-state index is 5.71. The molecule has 0 bridgehead atoms. The summed E-state index contributed by atoms with van der Waals surface area (Å²) in [5.41, 5.74) is 1.14. The van der Waals surface area contributed by atoms with Crippen molar-refractivity contribution in [2.75, 3.05) is 40.1 Å². The third-order valence-electron chi connectivity index (χ3n) is 3.02. The third-order valence-corrected chi connectivity index (χ3v) is 3.02. The molecule has 4 heteroatoms. The molecular weight excluding hydrogens is 254 g/mol. The van der Waals surface area contributed by atoms with Gasteiger partial charge in [0.15, 0.2) is 0 Å². The average molecular weight is 281 g/mol. The van der Waals surface area contributed by atoms with E-state index in [-0.39, 0.29) is 6.04 Å². The molecule has 4 nitrogen and oxygen atoms in total. The second kappa shape index (κ2) is 10.7. The molecule has 1 N–H and O–H groups in total. The van der Waals surface area contributed by atoms with E-state index >= 15 is 0 Å². The van der Waals surface area contributed by atoms with Gasteiger partial charge in [0.1, 0.15) is 5.75 Å². The van der Waals surface area contributed by atoms with Crippen LogP contribution < -0.4 is 10.1 Å². The van der Waals surface area contributed by atoms with Crippen molar-refractivity contribution in [3.05, 3.63) is 29.8 Å². The Hall–Kier alpha value is -1.10. The third kappa shape index (κ3) is 5.90. The molecule has 0 heterocycles. The van der Waals surface area contributed by atoms with Gasteiger partial charge in [0.2, 0.25) is 0 Å². The average Bonchev–Trinajstić information content (AvgIpc) is 2.50. The fourth-order valence-electron chi connectivity index (χ4n) is 1.99. The Balaban J connectivity index is 2.58. The van der Waals surface area contributed by atoms with Crippen LogP contribution in [0.15, 0.2) is 24.3 Å². The van der Waals surface area contributed by atoms with Crippen molar-refractivity contribution in [3.63, 3.8) is 0 Å². The first-order valence-electron chi connectivity index (χ1n) is 7.35. The lowest BCUT2D eigenvalue weighted by Gasteiger charge is -2.21. The zero-order chi connectivity index (χ0) is 14.6. The van der Waals surface area contributed by atoms with Gasteiger partial charge in [0.05, 0.1) is 33.0 Å². The Morgan fingerprint density at radius 3 is 2.55 bits per heavy atom. The normalized spacial score (nSPS) is 12.3. The highest BCUT2D eigenvalue weighted by Gasteiger charge is 2.15. The molecule has 0 aliphatic carbocycles. The minimum Gasteiger partial charge on any atom is -0.496 e. The Labute approximate surface area is 122 Å². The highest BCUT2D eigenvalue weighted by Crippen LogP contribution is 2.25. The van der Waals surface area contributed by atoms with Crippen molar-refractivity contribution in [2.24, 2.45) is 0 Å². The van der Waals surface area contributed by atoms with Crippen LogP contribution in [-0.2, 0) is 9.47 Å². The molecule has 1 aromatic rings. The van der Waals surface area contributed by atoms with Gasteiger partial charge in [-0.2, -0.15) is 0 Å². The quantitative estimate of drug-likeness (QED) is 0.633. The number of hydrogen-bond acceptors (Lipinski definition) is 4. The van der Waals surface area contributed by atoms with Crippen LogP contribution in [-0.4, -0.2) is 40.1 Å². The number of rotatable bonds is 11. The molecule has 1 unspecified atom stereocenters. The molecule has 0 saturated carbocycles. The molecule has 0 saturated heterocycles. The van der Waals surface area contributed by atoms with Gasteiger partial charge in [-0.25, -0.2) is 0 Å². The molecular formula is C16H27NO3. The number of nitrogens with one attached hydrogen (secondary N) is 1. The van der Waals surface area contributed by atoms with Crippen LogP contribution in [0.25, 0.3) is 0 Å². The monoisotopic (exact) mass is 281 g/mol. The molecule has 20 heavy (non-hydrogen) atoms. The topological polar surface area (TPSA) is 39.7 Å². The predicted molar refractivity (Wildman–Crippen MR) is 81.3 cm³/mol. The zero-order valence-electron chi connectivity index (χ0n) is 12.9. The van der Waals surface area contributed by atoms with E-state index in [0.29, 0.717) is 19.8 Å². The van der Waals surface area contributed by atoms with Gasteiger partial charge in [0, 0.05) is 12.2 Å². The van der Waals surface area contributed by atoms with Crippen LogP contribution in [0, 0.1) is 0 Å². The van der Waals surface area contributed by atoms with E-state index in [1.807, 2.05) is 25.1 Å². The highest BCUT2D eigenvalue weighted by atomic mass is 16.5. The number of benzene rings is 1. The Kier molecular flexibility index (Phi) is 9.04. The first-order valence-corrected chi connectivity index (χ1v) is 7.35. The molecule has 0 aromatic heterocycles. The fraction of sp³-hybridized carbons (Fsp3) is 0.625. The van der Waals surface area contributed by atoms with Crippen LogP contribution in [0.3, 0.4) is 0 Å². The molecule has 114 valence electrons. The van der Waals surface area contributed by atoms with Gasteiger partial charge in [-0.1, -0.05) is 25.1 Å². The summed E-state index contributed by atoms with van der Waals surface area (Å²) in [5, 5.41) is 3.51. The van der Waals surface area contributed by atoms with E-state index in [0.717, 1.165) is 30.9 Å². The predicted octanol–water partition coefficient (Wildman–Crippen LogP) is 2.79. The smallest absolute Gasteiger partial charge is 0.123 e. The lowest BCUT2D eigenvalue weighted by molar-refractivity contribution is 0.0431. The number of para-hydroxylation sites is 1. The summed E-state index contributed by atoms with van der Waals surface area (Å²) in [6.07, 6.45) is 1.09. The van der Waals surface area contributed by atoms with Crippen LogP contribution in [0.5, 0.6) is 5.75 Å². The molecule has 0 fully saturated rings. The minimum atomic E-state index is 0.146. The maximum Gasteiger partial charge on any atom is 0.123 e. The van der Waals surface area contributed by atoms with Gasteiger partial charge < -0.3 is 19.5 Å². The molecule has 0 aliphatic rings. The molecule has 1 aromatic carbocycles. The van der Waals surface area contributed by atoms with Crippen molar-refractivity contribution in [1.29, 1.82) is 0 Å². The van der Waals surface area contributed by atoms with Gasteiger partial charge in [-0.3, -0.25) is 0 Å². The molecule has 1 rings (SSSR count). The van der Waals surface area contributed by atoms with E-state index < -0.39 is 0 Å². The summed E-state index contributed by atoms with van der Waals surface area (Å²) in [5.74, 6) is 0.898. The summed E-state index contributed by atoms with van der Waals surface area (Å²) in [4.78, 5) is 0. The largest absolute Gasteiger partial charge is 0.496 e. The molecule has 0 spiro atoms. The van der Waals surface area contributed by atoms with Crippen molar-refractivity contribution in [2.45, 2.75) is 26.3 Å².